The largest absolute Gasteiger partial charge is 0.390 e. The highest BCUT2D eigenvalue weighted by Gasteiger charge is 2.64. The van der Waals surface area contributed by atoms with Gasteiger partial charge in [-0.05, 0) is 79.4 Å². The second-order valence-corrected chi connectivity index (χ2v) is 10.1. The number of methoxy groups -OCH3 is 2. The van der Waals surface area contributed by atoms with Crippen molar-refractivity contribution >= 4 is 0 Å². The Kier molecular flexibility index (Phi) is 4.66. The van der Waals surface area contributed by atoms with Gasteiger partial charge in [0, 0.05) is 14.2 Å². The van der Waals surface area contributed by atoms with E-state index in [0.29, 0.717) is 23.7 Å². The Hall–Kier alpha value is -0.630. The van der Waals surface area contributed by atoms with Gasteiger partial charge in [0.15, 0.2) is 0 Å². The van der Waals surface area contributed by atoms with Crippen LogP contribution in [-0.2, 0) is 9.47 Å². The zero-order chi connectivity index (χ0) is 18.7. The molecule has 4 rings (SSSR count). The van der Waals surface area contributed by atoms with Crippen molar-refractivity contribution in [1.82, 2.24) is 0 Å². The number of fused-ring (bicyclic) bond motifs is 5. The van der Waals surface area contributed by atoms with Crippen LogP contribution >= 0.6 is 0 Å². The molecule has 0 heterocycles. The first-order valence-electron chi connectivity index (χ1n) is 10.5. The molecule has 0 saturated heterocycles. The highest BCUT2D eigenvalue weighted by Crippen LogP contribution is 2.67. The minimum absolute atomic E-state index is 0.0590. The predicted molar refractivity (Wildman–Crippen MR) is 99.2 cm³/mol. The molecule has 4 aliphatic carbocycles. The summed E-state index contributed by atoms with van der Waals surface area (Å²) in [5, 5.41) is 20.2. The maximum absolute atomic E-state index is 10.5. The summed E-state index contributed by atoms with van der Waals surface area (Å²) in [5.41, 5.74) is 0.268. The van der Waals surface area contributed by atoms with Gasteiger partial charge in [-0.2, -0.15) is 5.26 Å². The first-order chi connectivity index (χ1) is 12.4. The molecule has 0 unspecified atom stereocenters. The minimum atomic E-state index is -0.334. The number of hydrogen-bond acceptors (Lipinski definition) is 4. The van der Waals surface area contributed by atoms with Crippen LogP contribution in [-0.4, -0.2) is 37.6 Å². The first-order valence-corrected chi connectivity index (χ1v) is 10.5. The molecule has 0 spiro atoms. The summed E-state index contributed by atoms with van der Waals surface area (Å²) in [5.74, 6) is 2.55. The van der Waals surface area contributed by atoms with Crippen molar-refractivity contribution in [3.63, 3.8) is 0 Å². The highest BCUT2D eigenvalue weighted by molar-refractivity contribution is 5.15. The number of aliphatic hydroxyl groups is 1. The number of nitriles is 1. The van der Waals surface area contributed by atoms with E-state index in [4.69, 9.17) is 9.47 Å². The molecule has 146 valence electrons. The third-order valence-electron chi connectivity index (χ3n) is 9.33. The quantitative estimate of drug-likeness (QED) is 0.813. The van der Waals surface area contributed by atoms with Crippen molar-refractivity contribution < 1.29 is 14.6 Å². The van der Waals surface area contributed by atoms with E-state index in [1.54, 1.807) is 7.11 Å². The molecule has 26 heavy (non-hydrogen) atoms. The summed E-state index contributed by atoms with van der Waals surface area (Å²) < 4.78 is 11.8. The van der Waals surface area contributed by atoms with Gasteiger partial charge in [0.1, 0.15) is 0 Å². The molecule has 0 aromatic heterocycles. The summed E-state index contributed by atoms with van der Waals surface area (Å²) in [4.78, 5) is 0. The fourth-order valence-corrected chi connectivity index (χ4v) is 8.02. The topological polar surface area (TPSA) is 62.5 Å². The standard InChI is InChI=1S/C22H35NO3/c1-21-11-19(26-4)20-15(16(21)8-6-14(21)12-23)7-5-13-9-17(24)18(25-3)10-22(13,20)2/h13-20,24H,5-11H2,1-4H3/t13-,14-,15-,16-,17-,18-,19-,20+,21+,22-/m0/s1. The van der Waals surface area contributed by atoms with Crippen molar-refractivity contribution in [2.75, 3.05) is 14.2 Å². The molecule has 4 saturated carbocycles. The molecule has 10 atom stereocenters. The Morgan fingerprint density at radius 3 is 2.31 bits per heavy atom. The number of aliphatic hydroxyl groups excluding tert-OH is 1. The van der Waals surface area contributed by atoms with E-state index in [2.05, 4.69) is 19.9 Å². The summed E-state index contributed by atoms with van der Waals surface area (Å²) in [6.07, 6.45) is 7.31. The fraction of sp³-hybridized carbons (Fsp3) is 0.955. The zero-order valence-corrected chi connectivity index (χ0v) is 16.8. The lowest BCUT2D eigenvalue weighted by Gasteiger charge is -2.63. The van der Waals surface area contributed by atoms with Crippen LogP contribution in [0.25, 0.3) is 0 Å². The number of hydrogen-bond donors (Lipinski definition) is 1. The van der Waals surface area contributed by atoms with E-state index in [-0.39, 0.29) is 35.1 Å². The first kappa shape index (κ1) is 18.7. The molecule has 4 heteroatoms. The van der Waals surface area contributed by atoms with Crippen LogP contribution in [0.1, 0.15) is 58.8 Å². The van der Waals surface area contributed by atoms with E-state index in [1.807, 2.05) is 7.11 Å². The van der Waals surface area contributed by atoms with Gasteiger partial charge in [0.05, 0.1) is 30.3 Å². The molecule has 0 radical (unpaired) electrons. The van der Waals surface area contributed by atoms with Crippen LogP contribution in [0.15, 0.2) is 0 Å². The van der Waals surface area contributed by atoms with Crippen LogP contribution in [0, 0.1) is 51.8 Å². The molecule has 4 fully saturated rings. The van der Waals surface area contributed by atoms with E-state index >= 15 is 0 Å². The van der Waals surface area contributed by atoms with Gasteiger partial charge in [-0.3, -0.25) is 0 Å². The zero-order valence-electron chi connectivity index (χ0n) is 16.8. The molecular weight excluding hydrogens is 326 g/mol. The van der Waals surface area contributed by atoms with Crippen molar-refractivity contribution in [2.45, 2.75) is 77.1 Å². The molecule has 0 aromatic carbocycles. The molecule has 1 N–H and O–H groups in total. The van der Waals surface area contributed by atoms with Crippen LogP contribution < -0.4 is 0 Å². The van der Waals surface area contributed by atoms with Crippen LogP contribution in [0.4, 0.5) is 0 Å². The van der Waals surface area contributed by atoms with Crippen LogP contribution in [0.2, 0.25) is 0 Å². The molecule has 0 amide bonds. The fourth-order valence-electron chi connectivity index (χ4n) is 8.02. The molecule has 4 aliphatic rings. The summed E-state index contributed by atoms with van der Waals surface area (Å²) in [6, 6.07) is 2.62. The van der Waals surface area contributed by atoms with E-state index in [9.17, 15) is 10.4 Å². The second kappa shape index (κ2) is 6.47. The highest BCUT2D eigenvalue weighted by atomic mass is 16.5. The lowest BCUT2D eigenvalue weighted by molar-refractivity contribution is -0.204. The third kappa shape index (κ3) is 2.43. The average molecular weight is 362 g/mol. The maximum Gasteiger partial charge on any atom is 0.0835 e. The van der Waals surface area contributed by atoms with Crippen LogP contribution in [0.5, 0.6) is 0 Å². The summed E-state index contributed by atoms with van der Waals surface area (Å²) >= 11 is 0. The van der Waals surface area contributed by atoms with Crippen molar-refractivity contribution in [1.29, 1.82) is 5.26 Å². The van der Waals surface area contributed by atoms with Gasteiger partial charge in [0.2, 0.25) is 0 Å². The summed E-state index contributed by atoms with van der Waals surface area (Å²) in [7, 11) is 3.60. The Morgan fingerprint density at radius 2 is 1.65 bits per heavy atom. The Balaban J connectivity index is 1.70. The summed E-state index contributed by atoms with van der Waals surface area (Å²) in [6.45, 7) is 4.80. The SMILES string of the molecule is CO[C@H]1C[C@]2(C)[C@H](C#N)CC[C@H]2[C@@H]2CC[C@H]3C[C@H](O)[C@@H](OC)C[C@]3(C)[C@H]21. The number of rotatable bonds is 2. The van der Waals surface area contributed by atoms with Gasteiger partial charge >= 0.3 is 0 Å². The maximum atomic E-state index is 10.5. The molecular formula is C22H35NO3. The van der Waals surface area contributed by atoms with Gasteiger partial charge in [0.25, 0.3) is 0 Å². The third-order valence-corrected chi connectivity index (χ3v) is 9.33. The normalized spacial score (nSPS) is 56.2. The molecule has 0 aliphatic heterocycles. The molecule has 0 aromatic rings. The molecule has 0 bridgehead atoms. The van der Waals surface area contributed by atoms with Gasteiger partial charge in [-0.1, -0.05) is 13.8 Å². The van der Waals surface area contributed by atoms with Crippen molar-refractivity contribution in [3.8, 4) is 6.07 Å². The monoisotopic (exact) mass is 361 g/mol. The predicted octanol–water partition coefficient (Wildman–Crippen LogP) is 3.78. The van der Waals surface area contributed by atoms with Gasteiger partial charge < -0.3 is 14.6 Å². The average Bonchev–Trinajstić information content (AvgIpc) is 2.96. The number of ether oxygens (including phenoxy) is 2. The van der Waals surface area contributed by atoms with Crippen molar-refractivity contribution in [3.05, 3.63) is 0 Å². The van der Waals surface area contributed by atoms with E-state index < -0.39 is 0 Å². The van der Waals surface area contributed by atoms with Gasteiger partial charge in [-0.15, -0.1) is 0 Å². The van der Waals surface area contributed by atoms with E-state index in [0.717, 1.165) is 25.7 Å². The second-order valence-electron chi connectivity index (χ2n) is 10.1. The lowest BCUT2D eigenvalue weighted by Crippen LogP contribution is -2.61. The Labute approximate surface area is 158 Å². The Bertz CT molecular complexity index is 588. The minimum Gasteiger partial charge on any atom is -0.390 e. The number of nitrogens with zero attached hydrogens (tertiary/aromatic N) is 1. The lowest BCUT2D eigenvalue weighted by atomic mass is 9.43. The van der Waals surface area contributed by atoms with Crippen LogP contribution in [0.3, 0.4) is 0 Å². The smallest absolute Gasteiger partial charge is 0.0835 e. The Morgan fingerprint density at radius 1 is 0.962 bits per heavy atom. The van der Waals surface area contributed by atoms with Crippen molar-refractivity contribution in [2.24, 2.45) is 40.4 Å². The molecule has 4 nitrogen and oxygen atoms in total. The van der Waals surface area contributed by atoms with Gasteiger partial charge in [-0.25, -0.2) is 0 Å². The van der Waals surface area contributed by atoms with E-state index in [1.165, 1.54) is 19.3 Å².